The lowest BCUT2D eigenvalue weighted by Gasteiger charge is -2.19. The Hall–Kier alpha value is -2.48. The summed E-state index contributed by atoms with van der Waals surface area (Å²) < 4.78 is 10.7. The highest BCUT2D eigenvalue weighted by Crippen LogP contribution is 2.35. The van der Waals surface area contributed by atoms with Crippen LogP contribution in [-0.2, 0) is 14.4 Å². The first kappa shape index (κ1) is 17.9. The van der Waals surface area contributed by atoms with Crippen molar-refractivity contribution < 1.29 is 23.9 Å². The number of rotatable bonds is 6. The summed E-state index contributed by atoms with van der Waals surface area (Å²) >= 11 is 1.31. The first-order valence-corrected chi connectivity index (χ1v) is 9.87. The fourth-order valence-electron chi connectivity index (χ4n) is 3.00. The van der Waals surface area contributed by atoms with Crippen LogP contribution in [0, 0.1) is 5.92 Å². The quantitative estimate of drug-likeness (QED) is 0.751. The van der Waals surface area contributed by atoms with Crippen LogP contribution < -0.4 is 14.8 Å². The molecule has 1 saturated carbocycles. The van der Waals surface area contributed by atoms with Gasteiger partial charge < -0.3 is 14.8 Å². The molecule has 1 unspecified atom stereocenters. The van der Waals surface area contributed by atoms with Crippen molar-refractivity contribution in [3.8, 4) is 11.5 Å². The molecule has 8 heteroatoms. The van der Waals surface area contributed by atoms with Crippen LogP contribution in [-0.4, -0.2) is 41.6 Å². The van der Waals surface area contributed by atoms with Crippen molar-refractivity contribution in [2.24, 2.45) is 5.92 Å². The molecule has 3 aliphatic rings. The predicted octanol–water partition coefficient (Wildman–Crippen LogP) is 1.99. The maximum Gasteiger partial charge on any atom is 0.240 e. The maximum absolute atomic E-state index is 12.5. The third-order valence-corrected chi connectivity index (χ3v) is 5.76. The lowest BCUT2D eigenvalue weighted by atomic mass is 10.1. The van der Waals surface area contributed by atoms with E-state index < -0.39 is 0 Å². The Morgan fingerprint density at radius 3 is 2.89 bits per heavy atom. The molecule has 1 atom stereocenters. The van der Waals surface area contributed by atoms with Gasteiger partial charge in [-0.25, -0.2) is 0 Å². The van der Waals surface area contributed by atoms with Gasteiger partial charge in [0.15, 0.2) is 17.3 Å². The Kier molecular flexibility index (Phi) is 4.82. The number of ether oxygens (including phenoxy) is 2. The number of carbonyl (C=O) groups excluding carboxylic acids is 3. The summed E-state index contributed by atoms with van der Waals surface area (Å²) in [7, 11) is 0. The number of thioether (sulfide) groups is 1. The van der Waals surface area contributed by atoms with Gasteiger partial charge in [0.05, 0.1) is 16.8 Å². The minimum atomic E-state index is -0.277. The molecule has 2 amide bonds. The van der Waals surface area contributed by atoms with Crippen LogP contribution in [0.3, 0.4) is 0 Å². The summed E-state index contributed by atoms with van der Waals surface area (Å²) in [4.78, 5) is 38.0. The Labute approximate surface area is 161 Å². The van der Waals surface area contributed by atoms with Crippen LogP contribution in [0.25, 0.3) is 0 Å². The molecule has 27 heavy (non-hydrogen) atoms. The molecule has 2 aliphatic heterocycles. The summed E-state index contributed by atoms with van der Waals surface area (Å²) in [6.45, 7) is 1.97. The number of carbonyl (C=O) groups is 3. The Balaban J connectivity index is 1.39. The minimum Gasteiger partial charge on any atom is -0.454 e. The van der Waals surface area contributed by atoms with Gasteiger partial charge in [0.25, 0.3) is 0 Å². The van der Waals surface area contributed by atoms with E-state index in [1.165, 1.54) is 22.7 Å². The maximum atomic E-state index is 12.5. The summed E-state index contributed by atoms with van der Waals surface area (Å²) in [6.07, 6.45) is 3.34. The number of fused-ring (bicyclic) bond motifs is 1. The van der Waals surface area contributed by atoms with E-state index in [0.717, 1.165) is 18.4 Å². The molecule has 1 saturated heterocycles. The van der Waals surface area contributed by atoms with Gasteiger partial charge >= 0.3 is 0 Å². The van der Waals surface area contributed by atoms with Gasteiger partial charge in [-0.1, -0.05) is 17.8 Å². The summed E-state index contributed by atoms with van der Waals surface area (Å²) in [5.41, 5.74) is 0.884. The molecular formula is C19H20N2O5S. The number of allylic oxidation sites excluding steroid dienone is 1. The number of nitrogens with one attached hydrogen (secondary N) is 1. The van der Waals surface area contributed by atoms with Gasteiger partial charge in [0.1, 0.15) is 6.54 Å². The summed E-state index contributed by atoms with van der Waals surface area (Å²) in [5.74, 6) is 1.31. The number of amides is 2. The first-order chi connectivity index (χ1) is 13.0. The Morgan fingerprint density at radius 2 is 2.11 bits per heavy atom. The average molecular weight is 388 g/mol. The molecule has 0 aromatic heterocycles. The van der Waals surface area contributed by atoms with E-state index in [-0.39, 0.29) is 48.6 Å². The molecule has 4 rings (SSSR count). The van der Waals surface area contributed by atoms with Crippen molar-refractivity contribution in [1.82, 2.24) is 10.2 Å². The smallest absolute Gasteiger partial charge is 0.240 e. The lowest BCUT2D eigenvalue weighted by molar-refractivity contribution is -0.131. The topological polar surface area (TPSA) is 84.9 Å². The van der Waals surface area contributed by atoms with Gasteiger partial charge in [0, 0.05) is 12.0 Å². The third-order valence-electron chi connectivity index (χ3n) is 4.73. The van der Waals surface area contributed by atoms with Crippen LogP contribution in [0.1, 0.15) is 31.4 Å². The number of ketones is 1. The number of hydrogen-bond donors (Lipinski definition) is 1. The molecule has 142 valence electrons. The van der Waals surface area contributed by atoms with E-state index in [1.807, 2.05) is 25.1 Å². The summed E-state index contributed by atoms with van der Waals surface area (Å²) in [5, 5.41) is 3.47. The average Bonchev–Trinajstić information content (AvgIpc) is 3.31. The van der Waals surface area contributed by atoms with Crippen molar-refractivity contribution in [2.75, 3.05) is 19.1 Å². The number of nitrogens with zero attached hydrogens (tertiary/aromatic N) is 1. The van der Waals surface area contributed by atoms with Crippen LogP contribution >= 0.6 is 11.8 Å². The molecule has 7 nitrogen and oxygen atoms in total. The van der Waals surface area contributed by atoms with E-state index in [9.17, 15) is 14.4 Å². The Bertz CT molecular complexity index is 833. The van der Waals surface area contributed by atoms with Gasteiger partial charge in [-0.05, 0) is 37.5 Å². The highest BCUT2D eigenvalue weighted by atomic mass is 32.2. The normalized spacial score (nSPS) is 20.9. The number of benzene rings is 1. The zero-order valence-electron chi connectivity index (χ0n) is 14.9. The first-order valence-electron chi connectivity index (χ1n) is 8.89. The van der Waals surface area contributed by atoms with E-state index in [2.05, 4.69) is 5.32 Å². The SMILES string of the molecule is CC(NC(=O)CN1C(=O)CS/C1=C\C(=O)C1CC1)c1ccc2c(c1)OCO2. The van der Waals surface area contributed by atoms with E-state index in [0.29, 0.717) is 16.5 Å². The second kappa shape index (κ2) is 7.26. The van der Waals surface area contributed by atoms with Crippen molar-refractivity contribution in [3.05, 3.63) is 34.9 Å². The summed E-state index contributed by atoms with van der Waals surface area (Å²) in [6, 6.07) is 5.27. The highest BCUT2D eigenvalue weighted by molar-refractivity contribution is 8.04. The zero-order chi connectivity index (χ0) is 19.0. The van der Waals surface area contributed by atoms with Crippen molar-refractivity contribution >= 4 is 29.4 Å². The standard InChI is InChI=1S/C19H20N2O5S/c1-11(13-4-5-15-16(6-13)26-10-25-15)20-17(23)8-21-18(24)9-27-19(21)7-14(22)12-2-3-12/h4-7,11-12H,2-3,8-10H2,1H3,(H,20,23)/b19-7-. The van der Waals surface area contributed by atoms with Gasteiger partial charge in [0.2, 0.25) is 18.6 Å². The molecule has 2 fully saturated rings. The number of hydrogen-bond acceptors (Lipinski definition) is 6. The molecule has 1 N–H and O–H groups in total. The second-order valence-corrected chi connectivity index (χ2v) is 7.83. The van der Waals surface area contributed by atoms with Crippen LogP contribution in [0.15, 0.2) is 29.3 Å². The third kappa shape index (κ3) is 3.95. The van der Waals surface area contributed by atoms with Crippen LogP contribution in [0.2, 0.25) is 0 Å². The largest absolute Gasteiger partial charge is 0.454 e. The molecule has 1 aromatic carbocycles. The van der Waals surface area contributed by atoms with Crippen LogP contribution in [0.4, 0.5) is 0 Å². The molecule has 1 aliphatic carbocycles. The predicted molar refractivity (Wildman–Crippen MR) is 99.1 cm³/mol. The van der Waals surface area contributed by atoms with Gasteiger partial charge in [-0.3, -0.25) is 19.3 Å². The lowest BCUT2D eigenvalue weighted by Crippen LogP contribution is -2.38. The molecule has 1 aromatic rings. The fraction of sp³-hybridized carbons (Fsp3) is 0.421. The molecule has 2 heterocycles. The van der Waals surface area contributed by atoms with E-state index in [4.69, 9.17) is 9.47 Å². The van der Waals surface area contributed by atoms with Crippen molar-refractivity contribution in [1.29, 1.82) is 0 Å². The van der Waals surface area contributed by atoms with E-state index in [1.54, 1.807) is 0 Å². The van der Waals surface area contributed by atoms with Crippen molar-refractivity contribution in [3.63, 3.8) is 0 Å². The highest BCUT2D eigenvalue weighted by Gasteiger charge is 2.33. The van der Waals surface area contributed by atoms with Crippen molar-refractivity contribution in [2.45, 2.75) is 25.8 Å². The van der Waals surface area contributed by atoms with E-state index >= 15 is 0 Å². The molecule has 0 spiro atoms. The Morgan fingerprint density at radius 1 is 1.33 bits per heavy atom. The van der Waals surface area contributed by atoms with Gasteiger partial charge in [-0.2, -0.15) is 0 Å². The monoisotopic (exact) mass is 388 g/mol. The molecule has 0 bridgehead atoms. The molecular weight excluding hydrogens is 368 g/mol. The minimum absolute atomic E-state index is 0.0475. The fourth-order valence-corrected chi connectivity index (χ4v) is 3.95. The zero-order valence-corrected chi connectivity index (χ0v) is 15.7. The van der Waals surface area contributed by atoms with Crippen LogP contribution in [0.5, 0.6) is 11.5 Å². The van der Waals surface area contributed by atoms with Gasteiger partial charge in [-0.15, -0.1) is 0 Å². The second-order valence-electron chi connectivity index (χ2n) is 6.83. The molecule has 0 radical (unpaired) electrons.